The first kappa shape index (κ1) is 12.1. The number of anilines is 1. The summed E-state index contributed by atoms with van der Waals surface area (Å²) in [6.45, 7) is 3.62. The van der Waals surface area contributed by atoms with Gasteiger partial charge in [-0.3, -0.25) is 4.90 Å². The number of ether oxygens (including phenoxy) is 2. The second kappa shape index (κ2) is 5.33. The molecule has 1 aromatic carbocycles. The molecule has 2 rings (SSSR count). The fraction of sp³-hybridized carbons (Fsp3) is 0.500. The van der Waals surface area contributed by atoms with Crippen LogP contribution in [0.2, 0.25) is 0 Å². The van der Waals surface area contributed by atoms with Crippen LogP contribution in [-0.2, 0) is 11.3 Å². The molecule has 0 atom stereocenters. The zero-order chi connectivity index (χ0) is 12.3. The number of hydrogen-bond donors (Lipinski definition) is 1. The fourth-order valence-electron chi connectivity index (χ4n) is 1.91. The van der Waals surface area contributed by atoms with Gasteiger partial charge in [-0.15, -0.1) is 0 Å². The van der Waals surface area contributed by atoms with E-state index in [1.54, 1.807) is 6.07 Å². The van der Waals surface area contributed by atoms with Crippen molar-refractivity contribution >= 4 is 5.69 Å². The van der Waals surface area contributed by atoms with Crippen molar-refractivity contribution in [1.82, 2.24) is 4.90 Å². The Hall–Kier alpha value is -1.33. The van der Waals surface area contributed by atoms with Crippen LogP contribution in [0.1, 0.15) is 5.56 Å². The molecular weight excluding hydrogens is 223 g/mol. The van der Waals surface area contributed by atoms with Gasteiger partial charge in [-0.25, -0.2) is 4.39 Å². The summed E-state index contributed by atoms with van der Waals surface area (Å²) in [4.78, 5) is 2.15. The average Bonchev–Trinajstić information content (AvgIpc) is 2.34. The number of nitrogens with two attached hydrogens (primary N) is 1. The van der Waals surface area contributed by atoms with Crippen LogP contribution < -0.4 is 10.5 Å². The van der Waals surface area contributed by atoms with Crippen LogP contribution in [0.25, 0.3) is 0 Å². The molecule has 94 valence electrons. The predicted molar refractivity (Wildman–Crippen MR) is 63.5 cm³/mol. The summed E-state index contributed by atoms with van der Waals surface area (Å²) >= 11 is 0. The summed E-state index contributed by atoms with van der Waals surface area (Å²) in [6, 6.07) is 2.98. The smallest absolute Gasteiger partial charge is 0.142 e. The number of morpholine rings is 1. The van der Waals surface area contributed by atoms with Crippen LogP contribution in [0.3, 0.4) is 0 Å². The minimum absolute atomic E-state index is 0.283. The van der Waals surface area contributed by atoms with Crippen molar-refractivity contribution in [2.24, 2.45) is 0 Å². The molecule has 0 aliphatic carbocycles. The summed E-state index contributed by atoms with van der Waals surface area (Å²) < 4.78 is 24.1. The Morgan fingerprint density at radius 2 is 2.12 bits per heavy atom. The Morgan fingerprint density at radius 1 is 1.41 bits per heavy atom. The standard InChI is InChI=1S/C12H17FN2O2/c1-16-12-6-9(10(13)7-11(12)14)8-15-2-4-17-5-3-15/h6-7H,2-5,8,14H2,1H3. The van der Waals surface area contributed by atoms with Crippen molar-refractivity contribution in [3.63, 3.8) is 0 Å². The second-order valence-electron chi connectivity index (χ2n) is 4.07. The molecule has 2 N–H and O–H groups in total. The zero-order valence-corrected chi connectivity index (χ0v) is 9.91. The van der Waals surface area contributed by atoms with Gasteiger partial charge in [0.25, 0.3) is 0 Å². The SMILES string of the molecule is COc1cc(CN2CCOCC2)c(F)cc1N. The van der Waals surface area contributed by atoms with Gasteiger partial charge in [-0.1, -0.05) is 0 Å². The summed E-state index contributed by atoms with van der Waals surface area (Å²) in [7, 11) is 1.53. The molecule has 1 saturated heterocycles. The third kappa shape index (κ3) is 2.87. The highest BCUT2D eigenvalue weighted by Crippen LogP contribution is 2.25. The molecule has 0 radical (unpaired) electrons. The molecular formula is C12H17FN2O2. The van der Waals surface area contributed by atoms with E-state index in [1.807, 2.05) is 0 Å². The van der Waals surface area contributed by atoms with Crippen molar-refractivity contribution in [3.8, 4) is 5.75 Å². The maximum absolute atomic E-state index is 13.7. The van der Waals surface area contributed by atoms with E-state index in [2.05, 4.69) is 4.90 Å². The molecule has 4 nitrogen and oxygen atoms in total. The molecule has 1 aliphatic rings. The number of methoxy groups -OCH3 is 1. The Bertz CT molecular complexity index is 392. The first-order valence-electron chi connectivity index (χ1n) is 5.62. The van der Waals surface area contributed by atoms with Crippen molar-refractivity contribution in [2.45, 2.75) is 6.54 Å². The lowest BCUT2D eigenvalue weighted by Crippen LogP contribution is -2.35. The summed E-state index contributed by atoms with van der Waals surface area (Å²) in [5, 5.41) is 0. The van der Waals surface area contributed by atoms with E-state index in [9.17, 15) is 4.39 Å². The normalized spacial score (nSPS) is 17.1. The Balaban J connectivity index is 2.13. The van der Waals surface area contributed by atoms with Crippen LogP contribution >= 0.6 is 0 Å². The van der Waals surface area contributed by atoms with Gasteiger partial charge >= 0.3 is 0 Å². The van der Waals surface area contributed by atoms with Crippen molar-refractivity contribution in [2.75, 3.05) is 39.1 Å². The van der Waals surface area contributed by atoms with Crippen molar-refractivity contribution in [3.05, 3.63) is 23.5 Å². The molecule has 0 unspecified atom stereocenters. The van der Waals surface area contributed by atoms with E-state index in [1.165, 1.54) is 13.2 Å². The highest BCUT2D eigenvalue weighted by Gasteiger charge is 2.14. The van der Waals surface area contributed by atoms with Crippen LogP contribution in [-0.4, -0.2) is 38.3 Å². The maximum atomic E-state index is 13.7. The maximum Gasteiger partial charge on any atom is 0.142 e. The number of benzene rings is 1. The molecule has 0 amide bonds. The Labute approximate surface area is 100 Å². The number of nitrogen functional groups attached to an aromatic ring is 1. The van der Waals surface area contributed by atoms with Gasteiger partial charge in [0.2, 0.25) is 0 Å². The van der Waals surface area contributed by atoms with Crippen molar-refractivity contribution < 1.29 is 13.9 Å². The van der Waals surface area contributed by atoms with Gasteiger partial charge in [0, 0.05) is 31.3 Å². The van der Waals surface area contributed by atoms with E-state index in [4.69, 9.17) is 15.2 Å². The number of nitrogens with zero attached hydrogens (tertiary/aromatic N) is 1. The quantitative estimate of drug-likeness (QED) is 0.808. The van der Waals surface area contributed by atoms with Gasteiger partial charge in [0.05, 0.1) is 26.0 Å². The Morgan fingerprint density at radius 3 is 2.76 bits per heavy atom. The largest absolute Gasteiger partial charge is 0.495 e. The molecule has 0 spiro atoms. The van der Waals surface area contributed by atoms with E-state index >= 15 is 0 Å². The lowest BCUT2D eigenvalue weighted by atomic mass is 10.1. The van der Waals surface area contributed by atoms with Gasteiger partial charge < -0.3 is 15.2 Å². The van der Waals surface area contributed by atoms with Gasteiger partial charge in [-0.2, -0.15) is 0 Å². The average molecular weight is 240 g/mol. The third-order valence-electron chi connectivity index (χ3n) is 2.90. The first-order valence-corrected chi connectivity index (χ1v) is 5.62. The van der Waals surface area contributed by atoms with Gasteiger partial charge in [0.15, 0.2) is 0 Å². The fourth-order valence-corrected chi connectivity index (χ4v) is 1.91. The molecule has 0 saturated carbocycles. The van der Waals surface area contributed by atoms with E-state index in [0.717, 1.165) is 13.1 Å². The summed E-state index contributed by atoms with van der Waals surface area (Å²) in [6.07, 6.45) is 0. The number of rotatable bonds is 3. The van der Waals surface area contributed by atoms with Crippen LogP contribution in [0.4, 0.5) is 10.1 Å². The highest BCUT2D eigenvalue weighted by atomic mass is 19.1. The van der Waals surface area contributed by atoms with Crippen LogP contribution in [0, 0.1) is 5.82 Å². The van der Waals surface area contributed by atoms with E-state index < -0.39 is 0 Å². The molecule has 0 bridgehead atoms. The molecule has 1 aliphatic heterocycles. The molecule has 17 heavy (non-hydrogen) atoms. The lowest BCUT2D eigenvalue weighted by Gasteiger charge is -2.26. The highest BCUT2D eigenvalue weighted by molar-refractivity contribution is 5.54. The second-order valence-corrected chi connectivity index (χ2v) is 4.07. The monoisotopic (exact) mass is 240 g/mol. The minimum atomic E-state index is -0.283. The van der Waals surface area contributed by atoms with E-state index in [-0.39, 0.29) is 5.82 Å². The molecule has 1 aromatic rings. The van der Waals surface area contributed by atoms with E-state index in [0.29, 0.717) is 36.8 Å². The zero-order valence-electron chi connectivity index (χ0n) is 9.91. The third-order valence-corrected chi connectivity index (χ3v) is 2.90. The number of hydrogen-bond acceptors (Lipinski definition) is 4. The topological polar surface area (TPSA) is 47.7 Å². The van der Waals surface area contributed by atoms with Crippen LogP contribution in [0.5, 0.6) is 5.75 Å². The molecule has 1 fully saturated rings. The van der Waals surface area contributed by atoms with Gasteiger partial charge in [0.1, 0.15) is 11.6 Å². The molecule has 5 heteroatoms. The van der Waals surface area contributed by atoms with Crippen molar-refractivity contribution in [1.29, 1.82) is 0 Å². The first-order chi connectivity index (χ1) is 8.20. The predicted octanol–water partition coefficient (Wildman–Crippen LogP) is 1.25. The Kier molecular flexibility index (Phi) is 3.81. The summed E-state index contributed by atoms with van der Waals surface area (Å²) in [5.74, 6) is 0.240. The molecule has 0 aromatic heterocycles. The van der Waals surface area contributed by atoms with Gasteiger partial charge in [-0.05, 0) is 6.07 Å². The lowest BCUT2D eigenvalue weighted by molar-refractivity contribution is 0.0337. The minimum Gasteiger partial charge on any atom is -0.495 e. The summed E-state index contributed by atoms with van der Waals surface area (Å²) in [5.41, 5.74) is 6.57. The molecule has 1 heterocycles. The number of halogens is 1. The van der Waals surface area contributed by atoms with Crippen LogP contribution in [0.15, 0.2) is 12.1 Å².